The SMILES string of the molecule is CCOC(=O)C(C)c1ccc(CCN)cc1.Cl. The van der Waals surface area contributed by atoms with Crippen LogP contribution in [0.5, 0.6) is 0 Å². The largest absolute Gasteiger partial charge is 0.466 e. The lowest BCUT2D eigenvalue weighted by Crippen LogP contribution is -2.13. The summed E-state index contributed by atoms with van der Waals surface area (Å²) in [5.74, 6) is -0.374. The highest BCUT2D eigenvalue weighted by molar-refractivity contribution is 5.85. The van der Waals surface area contributed by atoms with Crippen LogP contribution in [0, 0.1) is 0 Å². The van der Waals surface area contributed by atoms with Gasteiger partial charge in [-0.05, 0) is 37.9 Å². The van der Waals surface area contributed by atoms with Gasteiger partial charge in [-0.25, -0.2) is 0 Å². The Balaban J connectivity index is 0.00000256. The molecular weight excluding hydrogens is 238 g/mol. The molecule has 96 valence electrons. The van der Waals surface area contributed by atoms with E-state index in [2.05, 4.69) is 0 Å². The first kappa shape index (κ1) is 15.9. The van der Waals surface area contributed by atoms with E-state index in [0.29, 0.717) is 13.2 Å². The first-order valence-corrected chi connectivity index (χ1v) is 5.64. The Bertz CT molecular complexity index is 338. The summed E-state index contributed by atoms with van der Waals surface area (Å²) in [6.07, 6.45) is 0.869. The molecular formula is C13H20ClNO2. The van der Waals surface area contributed by atoms with Crippen molar-refractivity contribution in [3.63, 3.8) is 0 Å². The Kier molecular flexibility index (Phi) is 7.59. The third kappa shape index (κ3) is 4.75. The normalized spacial score (nSPS) is 11.5. The van der Waals surface area contributed by atoms with E-state index >= 15 is 0 Å². The van der Waals surface area contributed by atoms with Gasteiger partial charge >= 0.3 is 5.97 Å². The van der Waals surface area contributed by atoms with Crippen molar-refractivity contribution in [1.29, 1.82) is 0 Å². The highest BCUT2D eigenvalue weighted by Crippen LogP contribution is 2.17. The molecule has 1 aromatic carbocycles. The zero-order valence-corrected chi connectivity index (χ0v) is 11.1. The van der Waals surface area contributed by atoms with E-state index in [4.69, 9.17) is 10.5 Å². The fourth-order valence-corrected chi connectivity index (χ4v) is 1.54. The molecule has 1 atom stereocenters. The molecule has 0 saturated heterocycles. The number of ether oxygens (including phenoxy) is 1. The summed E-state index contributed by atoms with van der Waals surface area (Å²) in [7, 11) is 0. The average molecular weight is 258 g/mol. The molecule has 1 rings (SSSR count). The smallest absolute Gasteiger partial charge is 0.313 e. The van der Waals surface area contributed by atoms with Crippen LogP contribution >= 0.6 is 12.4 Å². The van der Waals surface area contributed by atoms with Crippen molar-refractivity contribution in [2.24, 2.45) is 5.73 Å². The van der Waals surface area contributed by atoms with E-state index in [0.717, 1.165) is 12.0 Å². The Hall–Kier alpha value is -1.06. The summed E-state index contributed by atoms with van der Waals surface area (Å²) < 4.78 is 4.98. The maximum atomic E-state index is 11.5. The van der Waals surface area contributed by atoms with Crippen LogP contribution in [-0.4, -0.2) is 19.1 Å². The minimum absolute atomic E-state index is 0. The topological polar surface area (TPSA) is 52.3 Å². The Morgan fingerprint density at radius 3 is 2.41 bits per heavy atom. The van der Waals surface area contributed by atoms with Crippen LogP contribution in [0.3, 0.4) is 0 Å². The number of esters is 1. The quantitative estimate of drug-likeness (QED) is 0.824. The van der Waals surface area contributed by atoms with Gasteiger partial charge in [-0.3, -0.25) is 4.79 Å². The van der Waals surface area contributed by atoms with E-state index in [1.807, 2.05) is 38.1 Å². The van der Waals surface area contributed by atoms with Gasteiger partial charge in [0.1, 0.15) is 0 Å². The number of halogens is 1. The lowest BCUT2D eigenvalue weighted by Gasteiger charge is -2.11. The van der Waals surface area contributed by atoms with Gasteiger partial charge in [0.25, 0.3) is 0 Å². The van der Waals surface area contributed by atoms with Crippen molar-refractivity contribution in [2.75, 3.05) is 13.2 Å². The van der Waals surface area contributed by atoms with Crippen molar-refractivity contribution in [2.45, 2.75) is 26.2 Å². The van der Waals surface area contributed by atoms with Crippen molar-refractivity contribution >= 4 is 18.4 Å². The predicted molar refractivity (Wildman–Crippen MR) is 71.5 cm³/mol. The van der Waals surface area contributed by atoms with Crippen molar-refractivity contribution < 1.29 is 9.53 Å². The molecule has 0 radical (unpaired) electrons. The summed E-state index contributed by atoms with van der Waals surface area (Å²) in [5.41, 5.74) is 7.65. The first-order chi connectivity index (χ1) is 7.69. The molecule has 0 heterocycles. The Morgan fingerprint density at radius 2 is 1.94 bits per heavy atom. The molecule has 2 N–H and O–H groups in total. The molecule has 1 aromatic rings. The number of hydrogen-bond donors (Lipinski definition) is 1. The summed E-state index contributed by atoms with van der Waals surface area (Å²) in [4.78, 5) is 11.5. The maximum Gasteiger partial charge on any atom is 0.313 e. The van der Waals surface area contributed by atoms with Gasteiger partial charge in [-0.2, -0.15) is 0 Å². The van der Waals surface area contributed by atoms with Crippen LogP contribution in [0.15, 0.2) is 24.3 Å². The fraction of sp³-hybridized carbons (Fsp3) is 0.462. The standard InChI is InChI=1S/C13H19NO2.ClH/c1-3-16-13(15)10(2)12-6-4-11(5-7-12)8-9-14;/h4-7,10H,3,8-9,14H2,1-2H3;1H. The number of benzene rings is 1. The number of nitrogens with two attached hydrogens (primary N) is 1. The van der Waals surface area contributed by atoms with E-state index in [-0.39, 0.29) is 24.3 Å². The van der Waals surface area contributed by atoms with Gasteiger partial charge in [0.05, 0.1) is 12.5 Å². The zero-order valence-electron chi connectivity index (χ0n) is 10.3. The summed E-state index contributed by atoms with van der Waals surface area (Å²) >= 11 is 0. The first-order valence-electron chi connectivity index (χ1n) is 5.64. The van der Waals surface area contributed by atoms with Crippen molar-refractivity contribution in [1.82, 2.24) is 0 Å². The fourth-order valence-electron chi connectivity index (χ4n) is 1.54. The molecule has 0 amide bonds. The van der Waals surface area contributed by atoms with Gasteiger partial charge in [0, 0.05) is 0 Å². The lowest BCUT2D eigenvalue weighted by atomic mass is 9.99. The summed E-state index contributed by atoms with van der Waals surface area (Å²) in [6, 6.07) is 7.95. The second-order valence-corrected chi connectivity index (χ2v) is 3.75. The van der Waals surface area contributed by atoms with Crippen LogP contribution < -0.4 is 5.73 Å². The molecule has 17 heavy (non-hydrogen) atoms. The molecule has 0 aliphatic rings. The van der Waals surface area contributed by atoms with E-state index < -0.39 is 0 Å². The lowest BCUT2D eigenvalue weighted by molar-refractivity contribution is -0.144. The van der Waals surface area contributed by atoms with Crippen molar-refractivity contribution in [3.05, 3.63) is 35.4 Å². The molecule has 1 unspecified atom stereocenters. The number of rotatable bonds is 5. The van der Waals surface area contributed by atoms with E-state index in [1.54, 1.807) is 0 Å². The number of carbonyl (C=O) groups excluding carboxylic acids is 1. The molecule has 0 aliphatic heterocycles. The third-order valence-electron chi connectivity index (χ3n) is 2.55. The molecule has 0 aliphatic carbocycles. The highest BCUT2D eigenvalue weighted by Gasteiger charge is 2.15. The molecule has 4 heteroatoms. The van der Waals surface area contributed by atoms with E-state index in [9.17, 15) is 4.79 Å². The van der Waals surface area contributed by atoms with Crippen LogP contribution in [0.1, 0.15) is 30.9 Å². The molecule has 3 nitrogen and oxygen atoms in total. The van der Waals surface area contributed by atoms with Crippen LogP contribution in [0.25, 0.3) is 0 Å². The number of carbonyl (C=O) groups is 1. The summed E-state index contributed by atoms with van der Waals surface area (Å²) in [6.45, 7) is 4.74. The molecule has 0 fully saturated rings. The Morgan fingerprint density at radius 1 is 1.35 bits per heavy atom. The Labute approximate surface area is 109 Å². The van der Waals surface area contributed by atoms with Crippen LogP contribution in [0.2, 0.25) is 0 Å². The van der Waals surface area contributed by atoms with Crippen LogP contribution in [-0.2, 0) is 16.0 Å². The minimum atomic E-state index is -0.202. The maximum absolute atomic E-state index is 11.5. The van der Waals surface area contributed by atoms with Crippen LogP contribution in [0.4, 0.5) is 0 Å². The third-order valence-corrected chi connectivity index (χ3v) is 2.55. The molecule has 0 spiro atoms. The van der Waals surface area contributed by atoms with Gasteiger partial charge in [-0.15, -0.1) is 12.4 Å². The van der Waals surface area contributed by atoms with Crippen molar-refractivity contribution in [3.8, 4) is 0 Å². The average Bonchev–Trinajstić information content (AvgIpc) is 2.30. The van der Waals surface area contributed by atoms with Gasteiger partial charge in [-0.1, -0.05) is 24.3 Å². The second kappa shape index (κ2) is 8.09. The molecule has 0 bridgehead atoms. The van der Waals surface area contributed by atoms with E-state index in [1.165, 1.54) is 5.56 Å². The summed E-state index contributed by atoms with van der Waals surface area (Å²) in [5, 5.41) is 0. The second-order valence-electron chi connectivity index (χ2n) is 3.75. The van der Waals surface area contributed by atoms with Gasteiger partial charge in [0.15, 0.2) is 0 Å². The molecule has 0 aromatic heterocycles. The van der Waals surface area contributed by atoms with Gasteiger partial charge < -0.3 is 10.5 Å². The molecule has 0 saturated carbocycles. The zero-order chi connectivity index (χ0) is 12.0. The van der Waals surface area contributed by atoms with Gasteiger partial charge in [0.2, 0.25) is 0 Å². The number of hydrogen-bond acceptors (Lipinski definition) is 3. The monoisotopic (exact) mass is 257 g/mol. The predicted octanol–water partition coefficient (Wildman–Crippen LogP) is 2.28. The minimum Gasteiger partial charge on any atom is -0.466 e. The highest BCUT2D eigenvalue weighted by atomic mass is 35.5.